The molecule has 19 heavy (non-hydrogen) atoms. The third kappa shape index (κ3) is 4.71. The highest BCUT2D eigenvalue weighted by molar-refractivity contribution is 7.99. The zero-order chi connectivity index (χ0) is 14.6. The zero-order valence-electron chi connectivity index (χ0n) is 10.8. The summed E-state index contributed by atoms with van der Waals surface area (Å²) >= 11 is 1.36. The van der Waals surface area contributed by atoms with Gasteiger partial charge in [0.2, 0.25) is 0 Å². The van der Waals surface area contributed by atoms with Crippen LogP contribution in [-0.4, -0.2) is 22.2 Å². The smallest absolute Gasteiger partial charge is 0.392 e. The normalized spacial score (nSPS) is 17.0. The lowest BCUT2D eigenvalue weighted by atomic mass is 10.0. The Kier molecular flexibility index (Phi) is 5.70. The van der Waals surface area contributed by atoms with Gasteiger partial charge in [0.15, 0.2) is 0 Å². The molecule has 0 radical (unpaired) electrons. The van der Waals surface area contributed by atoms with Gasteiger partial charge in [-0.25, -0.2) is 0 Å². The summed E-state index contributed by atoms with van der Waals surface area (Å²) in [4.78, 5) is 0. The highest BCUT2D eigenvalue weighted by Crippen LogP contribution is 2.35. The molecule has 0 fully saturated rings. The van der Waals surface area contributed by atoms with Gasteiger partial charge in [0, 0.05) is 17.0 Å². The summed E-state index contributed by atoms with van der Waals surface area (Å²) in [5.74, 6) is 0.332. The van der Waals surface area contributed by atoms with E-state index < -0.39 is 23.9 Å². The van der Waals surface area contributed by atoms with E-state index in [1.54, 1.807) is 13.0 Å². The Morgan fingerprint density at radius 1 is 1.26 bits per heavy atom. The van der Waals surface area contributed by atoms with E-state index in [-0.39, 0.29) is 10.8 Å². The molecule has 0 heterocycles. The van der Waals surface area contributed by atoms with E-state index in [2.05, 4.69) is 0 Å². The lowest BCUT2D eigenvalue weighted by molar-refractivity contribution is -0.138. The molecule has 2 nitrogen and oxygen atoms in total. The molecule has 0 aromatic heterocycles. The fourth-order valence-electron chi connectivity index (χ4n) is 1.56. The minimum absolute atomic E-state index is 0.0656. The van der Waals surface area contributed by atoms with Crippen molar-refractivity contribution in [2.45, 2.75) is 37.4 Å². The number of rotatable bonds is 5. The molecule has 0 saturated heterocycles. The summed E-state index contributed by atoms with van der Waals surface area (Å²) in [6, 6.07) is 4.64. The number of hydrogen-bond acceptors (Lipinski definition) is 3. The molecule has 1 aromatic rings. The van der Waals surface area contributed by atoms with Crippen molar-refractivity contribution in [3.8, 4) is 0 Å². The predicted molar refractivity (Wildman–Crippen MR) is 72.0 cm³/mol. The Labute approximate surface area is 115 Å². The fourth-order valence-corrected chi connectivity index (χ4v) is 2.53. The van der Waals surface area contributed by atoms with Crippen molar-refractivity contribution in [1.29, 1.82) is 0 Å². The third-order valence-corrected chi connectivity index (χ3v) is 4.35. The van der Waals surface area contributed by atoms with E-state index in [0.29, 0.717) is 5.75 Å². The van der Waals surface area contributed by atoms with Gasteiger partial charge in [-0.2, -0.15) is 24.9 Å². The number of benzene rings is 1. The average Bonchev–Trinajstić information content (AvgIpc) is 2.34. The van der Waals surface area contributed by atoms with Crippen molar-refractivity contribution in [2.24, 2.45) is 5.73 Å². The van der Waals surface area contributed by atoms with Crippen LogP contribution >= 0.6 is 11.8 Å². The van der Waals surface area contributed by atoms with Crippen LogP contribution in [-0.2, 0) is 6.18 Å². The van der Waals surface area contributed by atoms with Gasteiger partial charge in [-0.05, 0) is 18.6 Å². The molecule has 0 aliphatic heterocycles. The van der Waals surface area contributed by atoms with E-state index in [4.69, 9.17) is 5.73 Å². The Bertz CT molecular complexity index is 409. The Hall–Kier alpha value is -0.720. The Morgan fingerprint density at radius 3 is 2.37 bits per heavy atom. The SMILES string of the molecule is CC(O)C(C)SCC(N)c1ccccc1C(F)(F)F. The fraction of sp³-hybridized carbons (Fsp3) is 0.538. The van der Waals surface area contributed by atoms with E-state index in [9.17, 15) is 18.3 Å². The van der Waals surface area contributed by atoms with E-state index in [1.807, 2.05) is 6.92 Å². The molecule has 0 amide bonds. The number of halogens is 3. The Morgan fingerprint density at radius 2 is 1.84 bits per heavy atom. The van der Waals surface area contributed by atoms with Crippen LogP contribution in [0.1, 0.15) is 31.0 Å². The largest absolute Gasteiger partial charge is 0.416 e. The molecule has 3 N–H and O–H groups in total. The summed E-state index contributed by atoms with van der Waals surface area (Å²) < 4.78 is 38.5. The predicted octanol–water partition coefficient (Wildman–Crippen LogP) is 3.21. The summed E-state index contributed by atoms with van der Waals surface area (Å²) in [7, 11) is 0. The van der Waals surface area contributed by atoms with Crippen LogP contribution in [0.15, 0.2) is 24.3 Å². The second kappa shape index (κ2) is 6.63. The molecule has 3 atom stereocenters. The first-order chi connectivity index (χ1) is 8.73. The van der Waals surface area contributed by atoms with Gasteiger partial charge in [0.1, 0.15) is 0 Å². The first-order valence-corrected chi connectivity index (χ1v) is 6.99. The first kappa shape index (κ1) is 16.3. The number of nitrogens with two attached hydrogens (primary N) is 1. The minimum Gasteiger partial charge on any atom is -0.392 e. The van der Waals surface area contributed by atoms with Crippen LogP contribution in [0.3, 0.4) is 0 Å². The number of alkyl halides is 3. The molecular weight excluding hydrogens is 275 g/mol. The van der Waals surface area contributed by atoms with Crippen LogP contribution in [0, 0.1) is 0 Å². The first-order valence-electron chi connectivity index (χ1n) is 5.95. The summed E-state index contributed by atoms with van der Waals surface area (Å²) in [6.07, 6.45) is -4.91. The molecule has 108 valence electrons. The van der Waals surface area contributed by atoms with Gasteiger partial charge in [0.25, 0.3) is 0 Å². The average molecular weight is 293 g/mol. The van der Waals surface area contributed by atoms with Crippen molar-refractivity contribution in [3.63, 3.8) is 0 Å². The van der Waals surface area contributed by atoms with Crippen molar-refractivity contribution in [3.05, 3.63) is 35.4 Å². The molecule has 6 heteroatoms. The highest BCUT2D eigenvalue weighted by atomic mass is 32.2. The molecule has 1 rings (SSSR count). The lowest BCUT2D eigenvalue weighted by Crippen LogP contribution is -2.22. The molecule has 0 spiro atoms. The molecule has 0 aliphatic carbocycles. The molecular formula is C13H18F3NOS. The second-order valence-electron chi connectivity index (χ2n) is 4.47. The number of aliphatic hydroxyl groups excluding tert-OH is 1. The van der Waals surface area contributed by atoms with Gasteiger partial charge in [-0.3, -0.25) is 0 Å². The highest BCUT2D eigenvalue weighted by Gasteiger charge is 2.34. The van der Waals surface area contributed by atoms with Crippen molar-refractivity contribution < 1.29 is 18.3 Å². The lowest BCUT2D eigenvalue weighted by Gasteiger charge is -2.20. The quantitative estimate of drug-likeness (QED) is 0.876. The molecule has 1 aromatic carbocycles. The summed E-state index contributed by atoms with van der Waals surface area (Å²) in [5.41, 5.74) is 5.25. The maximum absolute atomic E-state index is 12.8. The van der Waals surface area contributed by atoms with Crippen molar-refractivity contribution in [2.75, 3.05) is 5.75 Å². The van der Waals surface area contributed by atoms with Crippen molar-refractivity contribution >= 4 is 11.8 Å². The summed E-state index contributed by atoms with van der Waals surface area (Å²) in [5, 5.41) is 9.28. The second-order valence-corrected chi connectivity index (χ2v) is 5.88. The minimum atomic E-state index is -4.39. The van der Waals surface area contributed by atoms with Crippen molar-refractivity contribution in [1.82, 2.24) is 0 Å². The molecule has 0 saturated carbocycles. The van der Waals surface area contributed by atoms with Crippen LogP contribution in [0.25, 0.3) is 0 Å². The maximum atomic E-state index is 12.8. The molecule has 0 bridgehead atoms. The van der Waals surface area contributed by atoms with Gasteiger partial charge in [-0.1, -0.05) is 25.1 Å². The number of aliphatic hydroxyl groups is 1. The van der Waals surface area contributed by atoms with Crippen LogP contribution in [0.4, 0.5) is 13.2 Å². The van der Waals surface area contributed by atoms with Gasteiger partial charge < -0.3 is 10.8 Å². The Balaban J connectivity index is 2.80. The molecule has 3 unspecified atom stereocenters. The third-order valence-electron chi connectivity index (χ3n) is 2.88. The summed E-state index contributed by atoms with van der Waals surface area (Å²) in [6.45, 7) is 3.46. The number of hydrogen-bond donors (Lipinski definition) is 2. The molecule has 0 aliphatic rings. The van der Waals surface area contributed by atoms with Gasteiger partial charge in [-0.15, -0.1) is 0 Å². The monoisotopic (exact) mass is 293 g/mol. The van der Waals surface area contributed by atoms with Crippen LogP contribution in [0.2, 0.25) is 0 Å². The van der Waals surface area contributed by atoms with Gasteiger partial charge in [0.05, 0.1) is 11.7 Å². The standard InChI is InChI=1S/C13H18F3NOS/c1-8(18)9(2)19-7-12(17)10-5-3-4-6-11(10)13(14,15)16/h3-6,8-9,12,18H,7,17H2,1-2H3. The van der Waals surface area contributed by atoms with Crippen LogP contribution in [0.5, 0.6) is 0 Å². The topological polar surface area (TPSA) is 46.2 Å². The van der Waals surface area contributed by atoms with E-state index in [1.165, 1.54) is 23.9 Å². The van der Waals surface area contributed by atoms with E-state index in [0.717, 1.165) is 6.07 Å². The van der Waals surface area contributed by atoms with Gasteiger partial charge >= 0.3 is 6.18 Å². The zero-order valence-corrected chi connectivity index (χ0v) is 11.6. The van der Waals surface area contributed by atoms with Crippen LogP contribution < -0.4 is 5.73 Å². The number of thioether (sulfide) groups is 1. The van der Waals surface area contributed by atoms with E-state index >= 15 is 0 Å². The maximum Gasteiger partial charge on any atom is 0.416 e.